The fraction of sp³-hybridized carbons (Fsp3) is 0.333. The van der Waals surface area contributed by atoms with Gasteiger partial charge in [0.15, 0.2) is 0 Å². The lowest BCUT2D eigenvalue weighted by Gasteiger charge is -2.28. The van der Waals surface area contributed by atoms with Crippen LogP contribution in [0, 0.1) is 11.8 Å². The Kier molecular flexibility index (Phi) is 6.19. The first-order valence-corrected chi connectivity index (χ1v) is 10.8. The lowest BCUT2D eigenvalue weighted by molar-refractivity contribution is 0.272. The molecule has 0 amide bonds. The average Bonchev–Trinajstić information content (AvgIpc) is 2.74. The minimum atomic E-state index is 0.321. The lowest BCUT2D eigenvalue weighted by atomic mass is 9.77. The van der Waals surface area contributed by atoms with Crippen LogP contribution in [0.5, 0.6) is 11.5 Å². The number of benzene rings is 3. The normalized spacial score (nSPS) is 19.2. The van der Waals surface area contributed by atoms with E-state index in [-0.39, 0.29) is 0 Å². The highest BCUT2D eigenvalue weighted by Crippen LogP contribution is 2.33. The highest BCUT2D eigenvalue weighted by molar-refractivity contribution is 5.32. The molecule has 0 aliphatic heterocycles. The van der Waals surface area contributed by atoms with Gasteiger partial charge in [-0.05, 0) is 103 Å². The molecule has 0 radical (unpaired) electrons. The van der Waals surface area contributed by atoms with Crippen LogP contribution in [0.2, 0.25) is 0 Å². The maximum Gasteiger partial charge on any atom is 0.115 e. The van der Waals surface area contributed by atoms with Gasteiger partial charge in [0.2, 0.25) is 0 Å². The summed E-state index contributed by atoms with van der Waals surface area (Å²) in [5.41, 5.74) is 5.33. The molecule has 0 bridgehead atoms. The second kappa shape index (κ2) is 9.17. The highest BCUT2D eigenvalue weighted by Gasteiger charge is 2.21. The predicted molar refractivity (Wildman–Crippen MR) is 118 cm³/mol. The van der Waals surface area contributed by atoms with Crippen LogP contribution in [0.3, 0.4) is 0 Å². The average molecular weight is 387 g/mol. The number of phenols is 2. The molecule has 4 rings (SSSR count). The fourth-order valence-corrected chi connectivity index (χ4v) is 4.58. The van der Waals surface area contributed by atoms with Gasteiger partial charge >= 0.3 is 0 Å². The van der Waals surface area contributed by atoms with E-state index in [9.17, 15) is 10.2 Å². The van der Waals surface area contributed by atoms with Crippen molar-refractivity contribution in [3.63, 3.8) is 0 Å². The minimum Gasteiger partial charge on any atom is -0.508 e. The van der Waals surface area contributed by atoms with Gasteiger partial charge in [0.05, 0.1) is 0 Å². The molecule has 1 saturated carbocycles. The summed E-state index contributed by atoms with van der Waals surface area (Å²) < 4.78 is 0. The van der Waals surface area contributed by atoms with Crippen molar-refractivity contribution in [3.8, 4) is 11.5 Å². The summed E-state index contributed by atoms with van der Waals surface area (Å²) in [5, 5.41) is 18.8. The molecule has 0 atom stereocenters. The van der Waals surface area contributed by atoms with Crippen molar-refractivity contribution in [2.45, 2.75) is 44.9 Å². The third-order valence-corrected chi connectivity index (χ3v) is 6.32. The number of hydrogen-bond donors (Lipinski definition) is 2. The van der Waals surface area contributed by atoms with Crippen LogP contribution in [0.15, 0.2) is 72.8 Å². The molecule has 0 unspecified atom stereocenters. The highest BCUT2D eigenvalue weighted by atomic mass is 16.3. The van der Waals surface area contributed by atoms with E-state index in [1.807, 2.05) is 12.1 Å². The van der Waals surface area contributed by atoms with E-state index in [4.69, 9.17) is 0 Å². The molecule has 2 nitrogen and oxygen atoms in total. The van der Waals surface area contributed by atoms with Crippen LogP contribution in [-0.2, 0) is 19.3 Å². The first-order valence-electron chi connectivity index (χ1n) is 10.8. The molecule has 1 fully saturated rings. The maximum absolute atomic E-state index is 9.43. The van der Waals surface area contributed by atoms with E-state index >= 15 is 0 Å². The van der Waals surface area contributed by atoms with E-state index in [1.165, 1.54) is 54.4 Å². The Balaban J connectivity index is 1.24. The molecular formula is C27H30O2. The Bertz CT molecular complexity index is 887. The summed E-state index contributed by atoms with van der Waals surface area (Å²) in [6, 6.07) is 24.3. The molecule has 1 aliphatic rings. The quantitative estimate of drug-likeness (QED) is 0.523. The summed E-state index contributed by atoms with van der Waals surface area (Å²) >= 11 is 0. The summed E-state index contributed by atoms with van der Waals surface area (Å²) in [7, 11) is 0. The summed E-state index contributed by atoms with van der Waals surface area (Å²) in [6.45, 7) is 0. The molecule has 0 heterocycles. The number of phenolic OH excluding ortho intramolecular Hbond substituents is 2. The zero-order valence-electron chi connectivity index (χ0n) is 16.9. The van der Waals surface area contributed by atoms with Crippen LogP contribution in [0.4, 0.5) is 0 Å². The predicted octanol–water partition coefficient (Wildman–Crippen LogP) is 6.28. The van der Waals surface area contributed by atoms with E-state index in [2.05, 4.69) is 36.4 Å². The second-order valence-corrected chi connectivity index (χ2v) is 8.62. The summed E-state index contributed by atoms with van der Waals surface area (Å²) in [6.07, 6.45) is 8.48. The first-order chi connectivity index (χ1) is 14.1. The number of rotatable bonds is 6. The van der Waals surface area contributed by atoms with Crippen molar-refractivity contribution in [2.24, 2.45) is 11.8 Å². The fourth-order valence-electron chi connectivity index (χ4n) is 4.58. The molecule has 150 valence electrons. The largest absolute Gasteiger partial charge is 0.508 e. The van der Waals surface area contributed by atoms with E-state index < -0.39 is 0 Å². The third-order valence-electron chi connectivity index (χ3n) is 6.32. The van der Waals surface area contributed by atoms with Crippen LogP contribution in [-0.4, -0.2) is 10.2 Å². The van der Waals surface area contributed by atoms with Gasteiger partial charge in [-0.25, -0.2) is 0 Å². The topological polar surface area (TPSA) is 40.5 Å². The van der Waals surface area contributed by atoms with Gasteiger partial charge in [-0.2, -0.15) is 0 Å². The van der Waals surface area contributed by atoms with Gasteiger partial charge < -0.3 is 10.2 Å². The Morgan fingerprint density at radius 1 is 0.483 bits per heavy atom. The summed E-state index contributed by atoms with van der Waals surface area (Å²) in [4.78, 5) is 0. The molecule has 3 aromatic carbocycles. The zero-order chi connectivity index (χ0) is 20.1. The Hall–Kier alpha value is -2.74. The molecule has 2 N–H and O–H groups in total. The zero-order valence-corrected chi connectivity index (χ0v) is 16.9. The Labute approximate surface area is 173 Å². The minimum absolute atomic E-state index is 0.321. The van der Waals surface area contributed by atoms with Crippen molar-refractivity contribution in [1.29, 1.82) is 0 Å². The van der Waals surface area contributed by atoms with Gasteiger partial charge in [0.25, 0.3) is 0 Å². The van der Waals surface area contributed by atoms with Gasteiger partial charge in [-0.1, -0.05) is 48.5 Å². The second-order valence-electron chi connectivity index (χ2n) is 8.62. The van der Waals surface area contributed by atoms with Crippen molar-refractivity contribution < 1.29 is 10.2 Å². The van der Waals surface area contributed by atoms with Crippen LogP contribution < -0.4 is 0 Å². The van der Waals surface area contributed by atoms with Crippen molar-refractivity contribution >= 4 is 0 Å². The standard InChI is InChI=1S/C27H30O2/c28-26-13-9-24(10-14-26)18-22-5-1-20(2-6-22)17-21-3-7-23(8-4-21)19-25-11-15-27(29)16-12-25/h1-2,5-6,9-16,21,23,28-29H,3-4,7-8,17-19H2. The Morgan fingerprint density at radius 3 is 1.21 bits per heavy atom. The van der Waals surface area contributed by atoms with Crippen LogP contribution in [0.1, 0.15) is 47.9 Å². The molecule has 29 heavy (non-hydrogen) atoms. The number of aromatic hydroxyl groups is 2. The van der Waals surface area contributed by atoms with Gasteiger partial charge in [0, 0.05) is 0 Å². The Morgan fingerprint density at radius 2 is 0.793 bits per heavy atom. The van der Waals surface area contributed by atoms with Crippen molar-refractivity contribution in [2.75, 3.05) is 0 Å². The number of hydrogen-bond acceptors (Lipinski definition) is 2. The molecule has 3 aromatic rings. The molecule has 0 spiro atoms. The van der Waals surface area contributed by atoms with E-state index in [0.29, 0.717) is 11.5 Å². The van der Waals surface area contributed by atoms with Crippen LogP contribution in [0.25, 0.3) is 0 Å². The van der Waals surface area contributed by atoms with E-state index in [1.54, 1.807) is 24.3 Å². The molecule has 0 aromatic heterocycles. The third kappa shape index (κ3) is 5.63. The van der Waals surface area contributed by atoms with Gasteiger partial charge in [0.1, 0.15) is 11.5 Å². The van der Waals surface area contributed by atoms with Crippen molar-refractivity contribution in [3.05, 3.63) is 95.1 Å². The van der Waals surface area contributed by atoms with E-state index in [0.717, 1.165) is 24.7 Å². The first kappa shape index (κ1) is 19.6. The molecular weight excluding hydrogens is 356 g/mol. The molecule has 0 saturated heterocycles. The lowest BCUT2D eigenvalue weighted by Crippen LogP contribution is -2.18. The maximum atomic E-state index is 9.43. The smallest absolute Gasteiger partial charge is 0.115 e. The molecule has 2 heteroatoms. The van der Waals surface area contributed by atoms with Gasteiger partial charge in [-0.3, -0.25) is 0 Å². The van der Waals surface area contributed by atoms with Crippen molar-refractivity contribution in [1.82, 2.24) is 0 Å². The monoisotopic (exact) mass is 386 g/mol. The summed E-state index contributed by atoms with van der Waals surface area (Å²) in [5.74, 6) is 2.26. The molecule has 1 aliphatic carbocycles. The SMILES string of the molecule is Oc1ccc(Cc2ccc(CC3CCC(Cc4ccc(O)cc4)CC3)cc2)cc1. The van der Waals surface area contributed by atoms with Crippen LogP contribution >= 0.6 is 0 Å². The van der Waals surface area contributed by atoms with Gasteiger partial charge in [-0.15, -0.1) is 0 Å².